The van der Waals surface area contributed by atoms with Gasteiger partial charge in [0, 0.05) is 11.9 Å². The fraction of sp³-hybridized carbons (Fsp3) is 0.500. The molecule has 116 valence electrons. The summed E-state index contributed by atoms with van der Waals surface area (Å²) in [6.45, 7) is 7.79. The highest BCUT2D eigenvalue weighted by Crippen LogP contribution is 2.12. The predicted octanol–water partition coefficient (Wildman–Crippen LogP) is 2.86. The summed E-state index contributed by atoms with van der Waals surface area (Å²) in [5.74, 6) is -0.430. The third-order valence-electron chi connectivity index (χ3n) is 2.03. The van der Waals surface area contributed by atoms with Crippen LogP contribution in [-0.2, 0) is 9.47 Å². The second-order valence-electron chi connectivity index (χ2n) is 5.08. The van der Waals surface area contributed by atoms with Crippen molar-refractivity contribution in [3.63, 3.8) is 0 Å². The average molecular weight is 312 g/mol. The molecule has 6 nitrogen and oxygen atoms in total. The maximum atomic E-state index is 11.4. The number of thiazole rings is 1. The highest BCUT2D eigenvalue weighted by molar-refractivity contribution is 7.10. The molecule has 7 heteroatoms. The second-order valence-corrected chi connectivity index (χ2v) is 5.97. The molecule has 0 aromatic carbocycles. The van der Waals surface area contributed by atoms with Gasteiger partial charge < -0.3 is 14.8 Å². The van der Waals surface area contributed by atoms with E-state index in [1.54, 1.807) is 45.2 Å². The van der Waals surface area contributed by atoms with Crippen molar-refractivity contribution in [2.24, 2.45) is 0 Å². The van der Waals surface area contributed by atoms with E-state index in [4.69, 9.17) is 9.47 Å². The van der Waals surface area contributed by atoms with E-state index < -0.39 is 17.7 Å². The largest absolute Gasteiger partial charge is 0.461 e. The van der Waals surface area contributed by atoms with Crippen molar-refractivity contribution >= 4 is 29.5 Å². The summed E-state index contributed by atoms with van der Waals surface area (Å²) in [5.41, 5.74) is -0.223. The summed E-state index contributed by atoms with van der Waals surface area (Å²) in [6, 6.07) is 0. The van der Waals surface area contributed by atoms with Gasteiger partial charge in [0.15, 0.2) is 5.69 Å². The Morgan fingerprint density at radius 1 is 1.43 bits per heavy atom. The van der Waals surface area contributed by atoms with Gasteiger partial charge in [-0.2, -0.15) is 0 Å². The third kappa shape index (κ3) is 6.89. The van der Waals surface area contributed by atoms with Crippen LogP contribution in [0, 0.1) is 0 Å². The number of aromatic nitrogens is 1. The van der Waals surface area contributed by atoms with Crippen LogP contribution < -0.4 is 5.32 Å². The minimum atomic E-state index is -0.516. The first-order chi connectivity index (χ1) is 9.81. The van der Waals surface area contributed by atoms with Gasteiger partial charge in [-0.1, -0.05) is 6.08 Å². The fourth-order valence-electron chi connectivity index (χ4n) is 1.28. The first-order valence-corrected chi connectivity index (χ1v) is 7.46. The predicted molar refractivity (Wildman–Crippen MR) is 81.3 cm³/mol. The van der Waals surface area contributed by atoms with Crippen LogP contribution >= 0.6 is 11.3 Å². The van der Waals surface area contributed by atoms with Gasteiger partial charge in [0.2, 0.25) is 0 Å². The Labute approximate surface area is 128 Å². The van der Waals surface area contributed by atoms with E-state index in [0.29, 0.717) is 23.9 Å². The van der Waals surface area contributed by atoms with Gasteiger partial charge in [0.25, 0.3) is 0 Å². The molecule has 0 saturated carbocycles. The van der Waals surface area contributed by atoms with Crippen LogP contribution in [0.15, 0.2) is 11.5 Å². The Morgan fingerprint density at radius 3 is 2.76 bits per heavy atom. The van der Waals surface area contributed by atoms with Crippen LogP contribution in [-0.4, -0.2) is 35.8 Å². The van der Waals surface area contributed by atoms with E-state index in [9.17, 15) is 9.59 Å². The maximum Gasteiger partial charge on any atom is 0.407 e. The maximum absolute atomic E-state index is 11.4. The molecule has 1 heterocycles. The van der Waals surface area contributed by atoms with E-state index in [2.05, 4.69) is 10.3 Å². The van der Waals surface area contributed by atoms with Crippen molar-refractivity contribution in [1.82, 2.24) is 10.3 Å². The minimum Gasteiger partial charge on any atom is -0.461 e. The molecule has 21 heavy (non-hydrogen) atoms. The first-order valence-electron chi connectivity index (χ1n) is 6.58. The molecule has 0 aliphatic rings. The number of alkyl carbamates (subject to hydrolysis) is 1. The third-order valence-corrected chi connectivity index (χ3v) is 2.84. The topological polar surface area (TPSA) is 77.5 Å². The molecule has 0 aliphatic carbocycles. The molecule has 0 atom stereocenters. The van der Waals surface area contributed by atoms with Gasteiger partial charge in [-0.3, -0.25) is 0 Å². The molecule has 0 saturated heterocycles. The van der Waals surface area contributed by atoms with Gasteiger partial charge in [0.05, 0.1) is 6.61 Å². The summed E-state index contributed by atoms with van der Waals surface area (Å²) in [4.78, 5) is 26.9. The molecule has 0 unspecified atom stereocenters. The lowest BCUT2D eigenvalue weighted by molar-refractivity contribution is 0.0515. The molecule has 1 N–H and O–H groups in total. The van der Waals surface area contributed by atoms with Gasteiger partial charge in [-0.05, 0) is 33.8 Å². The van der Waals surface area contributed by atoms with Gasteiger partial charge >= 0.3 is 12.1 Å². The fourth-order valence-corrected chi connectivity index (χ4v) is 1.99. The van der Waals surface area contributed by atoms with Crippen LogP contribution in [0.5, 0.6) is 0 Å². The van der Waals surface area contributed by atoms with Crippen molar-refractivity contribution in [2.75, 3.05) is 13.2 Å². The molecule has 0 bridgehead atoms. The van der Waals surface area contributed by atoms with Gasteiger partial charge in [-0.25, -0.2) is 14.6 Å². The van der Waals surface area contributed by atoms with Crippen LogP contribution in [0.1, 0.15) is 43.2 Å². The Hall–Kier alpha value is -1.89. The second kappa shape index (κ2) is 7.78. The Kier molecular flexibility index (Phi) is 6.36. The Bertz CT molecular complexity index is 517. The van der Waals surface area contributed by atoms with Crippen molar-refractivity contribution in [3.05, 3.63) is 22.2 Å². The normalized spacial score (nSPS) is 11.4. The number of rotatable bonds is 5. The number of hydrogen-bond acceptors (Lipinski definition) is 6. The van der Waals surface area contributed by atoms with Crippen LogP contribution in [0.2, 0.25) is 0 Å². The van der Waals surface area contributed by atoms with E-state index in [1.165, 1.54) is 11.3 Å². The number of carbonyl (C=O) groups excluding carboxylic acids is 2. The molecule has 1 aromatic heterocycles. The number of carbonyl (C=O) groups is 2. The summed E-state index contributed by atoms with van der Waals surface area (Å²) >= 11 is 1.33. The molecule has 1 rings (SSSR count). The zero-order chi connectivity index (χ0) is 15.9. The number of hydrogen-bond donors (Lipinski definition) is 1. The van der Waals surface area contributed by atoms with E-state index >= 15 is 0 Å². The molecule has 1 aromatic rings. The molecule has 0 spiro atoms. The standard InChI is InChI=1S/C14H20N2O4S/c1-5-19-12(17)10-9-21-11(16-10)7-6-8-15-13(18)20-14(2,3)4/h6-7,9H,5,8H2,1-4H3,(H,15,18). The van der Waals surface area contributed by atoms with E-state index in [0.717, 1.165) is 0 Å². The van der Waals surface area contributed by atoms with Crippen LogP contribution in [0.25, 0.3) is 6.08 Å². The molecule has 0 radical (unpaired) electrons. The monoisotopic (exact) mass is 312 g/mol. The Morgan fingerprint density at radius 2 is 2.14 bits per heavy atom. The summed E-state index contributed by atoms with van der Waals surface area (Å²) in [7, 11) is 0. The number of esters is 1. The SMILES string of the molecule is CCOC(=O)c1csc(C=CCNC(=O)OC(C)(C)C)n1. The summed E-state index contributed by atoms with van der Waals surface area (Å²) < 4.78 is 9.95. The number of ether oxygens (including phenoxy) is 2. The highest BCUT2D eigenvalue weighted by atomic mass is 32.1. The lowest BCUT2D eigenvalue weighted by Gasteiger charge is -2.19. The molecule has 0 aliphatic heterocycles. The van der Waals surface area contributed by atoms with Crippen LogP contribution in [0.4, 0.5) is 4.79 Å². The van der Waals surface area contributed by atoms with E-state index in [-0.39, 0.29) is 0 Å². The molecular formula is C14H20N2O4S. The zero-order valence-electron chi connectivity index (χ0n) is 12.6. The van der Waals surface area contributed by atoms with Crippen molar-refractivity contribution in [1.29, 1.82) is 0 Å². The molecule has 0 fully saturated rings. The van der Waals surface area contributed by atoms with Crippen LogP contribution in [0.3, 0.4) is 0 Å². The van der Waals surface area contributed by atoms with E-state index in [1.807, 2.05) is 0 Å². The average Bonchev–Trinajstić information content (AvgIpc) is 2.81. The van der Waals surface area contributed by atoms with Crippen molar-refractivity contribution < 1.29 is 19.1 Å². The first kappa shape index (κ1) is 17.2. The summed E-state index contributed by atoms with van der Waals surface area (Å²) in [6.07, 6.45) is 2.99. The molecular weight excluding hydrogens is 292 g/mol. The molecule has 1 amide bonds. The lowest BCUT2D eigenvalue weighted by atomic mass is 10.2. The van der Waals surface area contributed by atoms with Gasteiger partial charge in [0.1, 0.15) is 10.6 Å². The Balaban J connectivity index is 2.41. The minimum absolute atomic E-state index is 0.293. The number of nitrogens with zero attached hydrogens (tertiary/aromatic N) is 1. The quantitative estimate of drug-likeness (QED) is 0.846. The lowest BCUT2D eigenvalue weighted by Crippen LogP contribution is -2.32. The zero-order valence-corrected chi connectivity index (χ0v) is 13.5. The van der Waals surface area contributed by atoms with Gasteiger partial charge in [-0.15, -0.1) is 11.3 Å². The van der Waals surface area contributed by atoms with Crippen molar-refractivity contribution in [2.45, 2.75) is 33.3 Å². The van der Waals surface area contributed by atoms with Crippen molar-refractivity contribution in [3.8, 4) is 0 Å². The highest BCUT2D eigenvalue weighted by Gasteiger charge is 2.15. The number of nitrogens with one attached hydrogen (secondary N) is 1. The number of amides is 1. The summed E-state index contributed by atoms with van der Waals surface area (Å²) in [5, 5.41) is 4.90. The smallest absolute Gasteiger partial charge is 0.407 e.